The van der Waals surface area contributed by atoms with Gasteiger partial charge in [-0.3, -0.25) is 0 Å². The smallest absolute Gasteiger partial charge is 0.338 e. The van der Waals surface area contributed by atoms with Gasteiger partial charge in [0.2, 0.25) is 0 Å². The highest BCUT2D eigenvalue weighted by atomic mass is 16.5. The molecule has 0 heterocycles. The molecule has 0 fully saturated rings. The second-order valence-electron chi connectivity index (χ2n) is 4.54. The van der Waals surface area contributed by atoms with E-state index < -0.39 is 0 Å². The normalized spacial score (nSPS) is 9.95. The number of hydrogen-bond donors (Lipinski definition) is 0. The summed E-state index contributed by atoms with van der Waals surface area (Å²) in [6.45, 7) is 4.19. The predicted octanol–water partition coefficient (Wildman–Crippen LogP) is 3.78. The van der Waals surface area contributed by atoms with Gasteiger partial charge in [-0.1, -0.05) is 42.5 Å². The second kappa shape index (κ2) is 7.29. The van der Waals surface area contributed by atoms with Gasteiger partial charge in [-0.25, -0.2) is 4.79 Å². The number of esters is 1. The van der Waals surface area contributed by atoms with Gasteiger partial charge in [-0.15, -0.1) is 6.58 Å². The quantitative estimate of drug-likeness (QED) is 0.597. The molecule has 0 unspecified atom stereocenters. The first-order chi connectivity index (χ1) is 10.3. The third kappa shape index (κ3) is 3.72. The molecule has 21 heavy (non-hydrogen) atoms. The highest BCUT2D eigenvalue weighted by Crippen LogP contribution is 2.25. The molecule has 0 saturated heterocycles. The zero-order valence-corrected chi connectivity index (χ0v) is 12.0. The third-order valence-electron chi connectivity index (χ3n) is 3.12. The lowest BCUT2D eigenvalue weighted by Gasteiger charge is -2.13. The number of carbonyl (C=O) groups excluding carboxylic acids is 1. The highest BCUT2D eigenvalue weighted by Gasteiger charge is 2.15. The van der Waals surface area contributed by atoms with Crippen molar-refractivity contribution in [2.45, 2.75) is 13.0 Å². The van der Waals surface area contributed by atoms with E-state index in [0.29, 0.717) is 24.3 Å². The Morgan fingerprint density at radius 1 is 1.14 bits per heavy atom. The molecule has 0 aliphatic rings. The summed E-state index contributed by atoms with van der Waals surface area (Å²) in [5.41, 5.74) is 2.39. The number of carbonyl (C=O) groups is 1. The summed E-state index contributed by atoms with van der Waals surface area (Å²) in [5.74, 6) is 0.318. The fourth-order valence-corrected chi connectivity index (χ4v) is 2.09. The molecular formula is C18H18O3. The van der Waals surface area contributed by atoms with Crippen LogP contribution in [0.15, 0.2) is 61.2 Å². The zero-order valence-electron chi connectivity index (χ0n) is 12.0. The van der Waals surface area contributed by atoms with Crippen LogP contribution in [-0.4, -0.2) is 13.1 Å². The van der Waals surface area contributed by atoms with Gasteiger partial charge in [0.1, 0.15) is 12.4 Å². The van der Waals surface area contributed by atoms with Crippen LogP contribution in [0.5, 0.6) is 5.75 Å². The van der Waals surface area contributed by atoms with Crippen molar-refractivity contribution in [1.82, 2.24) is 0 Å². The third-order valence-corrected chi connectivity index (χ3v) is 3.12. The van der Waals surface area contributed by atoms with E-state index in [1.807, 2.05) is 36.4 Å². The molecule has 3 heteroatoms. The Kier molecular flexibility index (Phi) is 5.16. The predicted molar refractivity (Wildman–Crippen MR) is 82.5 cm³/mol. The molecule has 0 atom stereocenters. The van der Waals surface area contributed by atoms with E-state index >= 15 is 0 Å². The summed E-state index contributed by atoms with van der Waals surface area (Å²) >= 11 is 0. The van der Waals surface area contributed by atoms with Crippen LogP contribution < -0.4 is 4.74 Å². The van der Waals surface area contributed by atoms with Crippen LogP contribution in [0.1, 0.15) is 21.5 Å². The summed E-state index contributed by atoms with van der Waals surface area (Å²) < 4.78 is 10.7. The minimum Gasteiger partial charge on any atom is -0.489 e. The van der Waals surface area contributed by atoms with Crippen LogP contribution >= 0.6 is 0 Å². The number of benzene rings is 2. The van der Waals surface area contributed by atoms with Gasteiger partial charge in [0, 0.05) is 5.56 Å². The number of methoxy groups -OCH3 is 1. The van der Waals surface area contributed by atoms with Gasteiger partial charge in [-0.2, -0.15) is 0 Å². The first kappa shape index (κ1) is 14.9. The summed E-state index contributed by atoms with van der Waals surface area (Å²) in [6.07, 6.45) is 2.30. The molecule has 0 amide bonds. The SMILES string of the molecule is C=CCc1c(OCc2ccccc2)cccc1C(=O)OC. The summed E-state index contributed by atoms with van der Waals surface area (Å²) in [5, 5.41) is 0. The topological polar surface area (TPSA) is 35.5 Å². The lowest BCUT2D eigenvalue weighted by molar-refractivity contribution is 0.0599. The molecule has 0 bridgehead atoms. The Morgan fingerprint density at radius 2 is 1.90 bits per heavy atom. The molecule has 0 radical (unpaired) electrons. The van der Waals surface area contributed by atoms with Gasteiger partial charge in [0.05, 0.1) is 12.7 Å². The summed E-state index contributed by atoms with van der Waals surface area (Å²) in [7, 11) is 1.37. The Bertz CT molecular complexity index is 618. The van der Waals surface area contributed by atoms with Gasteiger partial charge >= 0.3 is 5.97 Å². The van der Waals surface area contributed by atoms with Crippen LogP contribution in [-0.2, 0) is 17.8 Å². The van der Waals surface area contributed by atoms with Crippen molar-refractivity contribution < 1.29 is 14.3 Å². The van der Waals surface area contributed by atoms with E-state index in [1.54, 1.807) is 18.2 Å². The van der Waals surface area contributed by atoms with Crippen LogP contribution in [0.4, 0.5) is 0 Å². The van der Waals surface area contributed by atoms with E-state index in [-0.39, 0.29) is 5.97 Å². The molecule has 2 aromatic rings. The van der Waals surface area contributed by atoms with Crippen molar-refractivity contribution in [2.75, 3.05) is 7.11 Å². The standard InChI is InChI=1S/C18H18O3/c1-3-8-15-16(18(19)20-2)11-7-12-17(15)21-13-14-9-5-4-6-10-14/h3-7,9-12H,1,8,13H2,2H3. The number of rotatable bonds is 6. The second-order valence-corrected chi connectivity index (χ2v) is 4.54. The van der Waals surface area contributed by atoms with Gasteiger partial charge in [-0.05, 0) is 24.1 Å². The van der Waals surface area contributed by atoms with Crippen molar-refractivity contribution in [1.29, 1.82) is 0 Å². The van der Waals surface area contributed by atoms with E-state index in [1.165, 1.54) is 7.11 Å². The molecule has 108 valence electrons. The Balaban J connectivity index is 2.25. The Morgan fingerprint density at radius 3 is 2.57 bits per heavy atom. The van der Waals surface area contributed by atoms with Crippen molar-refractivity contribution >= 4 is 5.97 Å². The van der Waals surface area contributed by atoms with Gasteiger partial charge < -0.3 is 9.47 Å². The summed E-state index contributed by atoms with van der Waals surface area (Å²) in [6, 6.07) is 15.3. The molecule has 2 aromatic carbocycles. The monoisotopic (exact) mass is 282 g/mol. The lowest BCUT2D eigenvalue weighted by Crippen LogP contribution is -2.08. The maximum Gasteiger partial charge on any atom is 0.338 e. The minimum atomic E-state index is -0.364. The first-order valence-corrected chi connectivity index (χ1v) is 6.74. The van der Waals surface area contributed by atoms with Crippen LogP contribution in [0.2, 0.25) is 0 Å². The molecule has 3 nitrogen and oxygen atoms in total. The average molecular weight is 282 g/mol. The molecule has 0 spiro atoms. The van der Waals surface area contributed by atoms with E-state index in [4.69, 9.17) is 9.47 Å². The Labute approximate surface area is 124 Å². The molecular weight excluding hydrogens is 264 g/mol. The molecule has 0 saturated carbocycles. The maximum absolute atomic E-state index is 11.8. The molecule has 0 aromatic heterocycles. The van der Waals surface area contributed by atoms with Crippen LogP contribution in [0.3, 0.4) is 0 Å². The van der Waals surface area contributed by atoms with Crippen molar-refractivity contribution in [3.8, 4) is 5.75 Å². The largest absolute Gasteiger partial charge is 0.489 e. The van der Waals surface area contributed by atoms with Gasteiger partial charge in [0.25, 0.3) is 0 Å². The van der Waals surface area contributed by atoms with Crippen molar-refractivity contribution in [2.24, 2.45) is 0 Å². The van der Waals surface area contributed by atoms with E-state index in [9.17, 15) is 4.79 Å². The first-order valence-electron chi connectivity index (χ1n) is 6.74. The zero-order chi connectivity index (χ0) is 15.1. The van der Waals surface area contributed by atoms with Crippen molar-refractivity contribution in [3.05, 3.63) is 77.9 Å². The van der Waals surface area contributed by atoms with Crippen LogP contribution in [0, 0.1) is 0 Å². The van der Waals surface area contributed by atoms with Crippen LogP contribution in [0.25, 0.3) is 0 Å². The fraction of sp³-hybridized carbons (Fsp3) is 0.167. The molecule has 0 N–H and O–H groups in total. The molecule has 0 aliphatic carbocycles. The van der Waals surface area contributed by atoms with E-state index in [2.05, 4.69) is 6.58 Å². The number of hydrogen-bond acceptors (Lipinski definition) is 3. The molecule has 0 aliphatic heterocycles. The Hall–Kier alpha value is -2.55. The van der Waals surface area contributed by atoms with Crippen molar-refractivity contribution in [3.63, 3.8) is 0 Å². The molecule has 2 rings (SSSR count). The minimum absolute atomic E-state index is 0.364. The number of allylic oxidation sites excluding steroid dienone is 1. The van der Waals surface area contributed by atoms with E-state index in [0.717, 1.165) is 11.1 Å². The lowest BCUT2D eigenvalue weighted by atomic mass is 10.0. The average Bonchev–Trinajstić information content (AvgIpc) is 2.54. The summed E-state index contributed by atoms with van der Waals surface area (Å²) in [4.78, 5) is 11.8. The maximum atomic E-state index is 11.8. The highest BCUT2D eigenvalue weighted by molar-refractivity contribution is 5.91. The van der Waals surface area contributed by atoms with Gasteiger partial charge in [0.15, 0.2) is 0 Å². The number of ether oxygens (including phenoxy) is 2. The fourth-order valence-electron chi connectivity index (χ4n) is 2.09.